The van der Waals surface area contributed by atoms with Gasteiger partial charge in [0.25, 0.3) is 0 Å². The Morgan fingerprint density at radius 1 is 1.23 bits per heavy atom. The zero-order valence-corrected chi connectivity index (χ0v) is 15.7. The van der Waals surface area contributed by atoms with Gasteiger partial charge in [-0.05, 0) is 37.1 Å². The molecule has 0 spiro atoms. The monoisotopic (exact) mass is 370 g/mol. The molecule has 0 aliphatic carbocycles. The highest BCUT2D eigenvalue weighted by atomic mass is 35.5. The summed E-state index contributed by atoms with van der Waals surface area (Å²) in [7, 11) is 1.96. The van der Waals surface area contributed by atoms with Gasteiger partial charge < -0.3 is 4.74 Å². The number of pyridine rings is 1. The van der Waals surface area contributed by atoms with E-state index in [4.69, 9.17) is 21.4 Å². The van der Waals surface area contributed by atoms with Crippen molar-refractivity contribution < 1.29 is 4.74 Å². The van der Waals surface area contributed by atoms with Gasteiger partial charge in [0.05, 0.1) is 28.0 Å². The topological polar surface area (TPSA) is 43.2 Å². The third-order valence-electron chi connectivity index (χ3n) is 4.87. The van der Waals surface area contributed by atoms with Gasteiger partial charge in [-0.1, -0.05) is 23.7 Å². The summed E-state index contributed by atoms with van der Waals surface area (Å²) in [5.41, 5.74) is 3.11. The highest BCUT2D eigenvalue weighted by molar-refractivity contribution is 6.35. The number of rotatable bonds is 6. The van der Waals surface area contributed by atoms with Gasteiger partial charge in [0.1, 0.15) is 0 Å². The predicted molar refractivity (Wildman–Crippen MR) is 103 cm³/mol. The molecule has 0 radical (unpaired) electrons. The number of ether oxygens (including phenoxy) is 1. The molecule has 3 heterocycles. The van der Waals surface area contributed by atoms with Gasteiger partial charge in [0.15, 0.2) is 0 Å². The Morgan fingerprint density at radius 3 is 2.92 bits per heavy atom. The fourth-order valence-corrected chi connectivity index (χ4v) is 3.94. The molecule has 1 aliphatic heterocycles. The third kappa shape index (κ3) is 3.75. The molecular weight excluding hydrogens is 348 g/mol. The fourth-order valence-electron chi connectivity index (χ4n) is 3.66. The maximum atomic E-state index is 6.48. The van der Waals surface area contributed by atoms with E-state index < -0.39 is 0 Å². The number of fused-ring (bicyclic) bond motifs is 1. The van der Waals surface area contributed by atoms with Gasteiger partial charge in [-0.2, -0.15) is 5.10 Å². The second-order valence-electron chi connectivity index (χ2n) is 6.83. The number of hydrogen-bond acceptors (Lipinski definition) is 4. The summed E-state index contributed by atoms with van der Waals surface area (Å²) in [5.74, 6) is 0. The molecule has 4 rings (SSSR count). The quantitative estimate of drug-likeness (QED) is 0.662. The second-order valence-corrected chi connectivity index (χ2v) is 7.24. The first-order chi connectivity index (χ1) is 12.7. The maximum Gasteiger partial charge on any atom is 0.0858 e. The van der Waals surface area contributed by atoms with Gasteiger partial charge >= 0.3 is 0 Å². The van der Waals surface area contributed by atoms with E-state index in [0.717, 1.165) is 66.4 Å². The van der Waals surface area contributed by atoms with E-state index >= 15 is 0 Å². The molecule has 5 nitrogen and oxygen atoms in total. The van der Waals surface area contributed by atoms with Gasteiger partial charge in [-0.25, -0.2) is 0 Å². The summed E-state index contributed by atoms with van der Waals surface area (Å²) >= 11 is 6.48. The third-order valence-corrected chi connectivity index (χ3v) is 5.19. The van der Waals surface area contributed by atoms with Crippen LogP contribution in [0.2, 0.25) is 5.02 Å². The molecule has 0 N–H and O–H groups in total. The van der Waals surface area contributed by atoms with Gasteiger partial charge in [0.2, 0.25) is 0 Å². The van der Waals surface area contributed by atoms with Crippen LogP contribution in [-0.2, 0) is 24.9 Å². The minimum atomic E-state index is 0.282. The average molecular weight is 371 g/mol. The zero-order chi connectivity index (χ0) is 17.9. The van der Waals surface area contributed by atoms with Crippen molar-refractivity contribution in [2.45, 2.75) is 32.0 Å². The van der Waals surface area contributed by atoms with Crippen LogP contribution in [0.15, 0.2) is 42.6 Å². The molecule has 2 aromatic heterocycles. The minimum absolute atomic E-state index is 0.282. The number of halogens is 1. The first-order valence-corrected chi connectivity index (χ1v) is 9.42. The summed E-state index contributed by atoms with van der Waals surface area (Å²) in [5, 5.41) is 6.52. The van der Waals surface area contributed by atoms with Crippen LogP contribution in [0.1, 0.15) is 24.2 Å². The molecule has 136 valence electrons. The molecule has 1 saturated heterocycles. The minimum Gasteiger partial charge on any atom is -0.377 e. The van der Waals surface area contributed by atoms with E-state index in [9.17, 15) is 0 Å². The smallest absolute Gasteiger partial charge is 0.0858 e. The molecule has 1 fully saturated rings. The zero-order valence-electron chi connectivity index (χ0n) is 14.9. The lowest BCUT2D eigenvalue weighted by Crippen LogP contribution is -2.32. The van der Waals surface area contributed by atoms with Crippen LogP contribution in [-0.4, -0.2) is 38.9 Å². The summed E-state index contributed by atoms with van der Waals surface area (Å²) in [6, 6.07) is 12.0. The van der Waals surface area contributed by atoms with E-state index in [1.165, 1.54) is 0 Å². The number of aromatic nitrogens is 3. The van der Waals surface area contributed by atoms with E-state index in [1.54, 1.807) is 0 Å². The Balaban J connectivity index is 1.61. The average Bonchev–Trinajstić information content (AvgIpc) is 3.25. The first-order valence-electron chi connectivity index (χ1n) is 9.04. The lowest BCUT2D eigenvalue weighted by atomic mass is 10.1. The van der Waals surface area contributed by atoms with E-state index in [0.29, 0.717) is 0 Å². The normalized spacial score (nSPS) is 17.4. The number of nitrogens with zero attached hydrogens (tertiary/aromatic N) is 4. The standard InChI is InChI=1S/C20H23ClN4O/c1-24-19-9-4-8-17(21)20(19)18(23-24)14-25(13-16-7-5-11-26-16)12-15-6-2-3-10-22-15/h2-4,6,8-10,16H,5,7,11-14H2,1H3. The van der Waals surface area contributed by atoms with Crippen molar-refractivity contribution in [3.8, 4) is 0 Å². The second kappa shape index (κ2) is 7.74. The summed E-state index contributed by atoms with van der Waals surface area (Å²) in [6.45, 7) is 3.22. The first kappa shape index (κ1) is 17.5. The van der Waals surface area contributed by atoms with Gasteiger partial charge in [-0.15, -0.1) is 0 Å². The van der Waals surface area contributed by atoms with E-state index in [1.807, 2.05) is 42.2 Å². The van der Waals surface area contributed by atoms with Crippen molar-refractivity contribution in [3.63, 3.8) is 0 Å². The molecule has 1 atom stereocenters. The molecule has 26 heavy (non-hydrogen) atoms. The Hall–Kier alpha value is -1.95. The van der Waals surface area contributed by atoms with Crippen LogP contribution in [0, 0.1) is 0 Å². The van der Waals surface area contributed by atoms with E-state index in [2.05, 4.69) is 22.0 Å². The molecule has 1 aromatic carbocycles. The van der Waals surface area contributed by atoms with Crippen LogP contribution in [0.3, 0.4) is 0 Å². The van der Waals surface area contributed by atoms with Crippen LogP contribution in [0.5, 0.6) is 0 Å². The van der Waals surface area contributed by atoms with Crippen LogP contribution < -0.4 is 0 Å². The Kier molecular flexibility index (Phi) is 5.20. The Bertz CT molecular complexity index is 874. The highest BCUT2D eigenvalue weighted by Crippen LogP contribution is 2.28. The lowest BCUT2D eigenvalue weighted by Gasteiger charge is -2.24. The number of benzene rings is 1. The Labute approximate surface area is 158 Å². The van der Waals surface area contributed by atoms with Crippen LogP contribution in [0.4, 0.5) is 0 Å². The van der Waals surface area contributed by atoms with E-state index in [-0.39, 0.29) is 6.10 Å². The van der Waals surface area contributed by atoms with Crippen LogP contribution in [0.25, 0.3) is 10.9 Å². The molecule has 0 bridgehead atoms. The molecule has 1 aliphatic rings. The molecular formula is C20H23ClN4O. The molecule has 0 saturated carbocycles. The van der Waals surface area contributed by atoms with Crippen molar-refractivity contribution in [1.29, 1.82) is 0 Å². The van der Waals surface area contributed by atoms with Crippen LogP contribution >= 0.6 is 11.6 Å². The largest absolute Gasteiger partial charge is 0.377 e. The molecule has 3 aromatic rings. The predicted octanol–water partition coefficient (Wildman–Crippen LogP) is 3.80. The Morgan fingerprint density at radius 2 is 2.15 bits per heavy atom. The van der Waals surface area contributed by atoms with Gasteiger partial charge in [-0.3, -0.25) is 14.6 Å². The van der Waals surface area contributed by atoms with Gasteiger partial charge in [0, 0.05) is 44.9 Å². The molecule has 6 heteroatoms. The highest BCUT2D eigenvalue weighted by Gasteiger charge is 2.22. The molecule has 0 amide bonds. The summed E-state index contributed by atoms with van der Waals surface area (Å²) < 4.78 is 7.77. The van der Waals surface area contributed by atoms with Crippen molar-refractivity contribution in [3.05, 3.63) is 59.0 Å². The van der Waals surface area contributed by atoms with Crippen molar-refractivity contribution in [1.82, 2.24) is 19.7 Å². The summed E-state index contributed by atoms with van der Waals surface area (Å²) in [4.78, 5) is 6.85. The van der Waals surface area contributed by atoms with Crippen molar-refractivity contribution in [2.75, 3.05) is 13.2 Å². The fraction of sp³-hybridized carbons (Fsp3) is 0.400. The maximum absolute atomic E-state index is 6.48. The van der Waals surface area contributed by atoms with Crippen molar-refractivity contribution in [2.24, 2.45) is 7.05 Å². The number of hydrogen-bond donors (Lipinski definition) is 0. The molecule has 1 unspecified atom stereocenters. The SMILES string of the molecule is Cn1nc(CN(Cc2ccccn2)CC2CCCO2)c2c(Cl)cccc21. The van der Waals surface area contributed by atoms with Crippen molar-refractivity contribution >= 4 is 22.5 Å². The number of aryl methyl sites for hydroxylation is 1. The summed E-state index contributed by atoms with van der Waals surface area (Å²) in [6.07, 6.45) is 4.37. The lowest BCUT2D eigenvalue weighted by molar-refractivity contribution is 0.0671.